The Kier molecular flexibility index (Phi) is 7.44. The van der Waals surface area contributed by atoms with Gasteiger partial charge in [-0.15, -0.1) is 12.4 Å². The predicted molar refractivity (Wildman–Crippen MR) is 149 cm³/mol. The minimum absolute atomic E-state index is 0. The molecule has 6 nitrogen and oxygen atoms in total. The van der Waals surface area contributed by atoms with Crippen LogP contribution in [-0.4, -0.2) is 35.0 Å². The van der Waals surface area contributed by atoms with Gasteiger partial charge in [-0.25, -0.2) is 4.98 Å². The van der Waals surface area contributed by atoms with E-state index in [1.807, 2.05) is 12.1 Å². The second-order valence-electron chi connectivity index (χ2n) is 10.6. The minimum Gasteiger partial charge on any atom is -0.369 e. The first-order valence-corrected chi connectivity index (χ1v) is 13.4. The smallest absolute Gasteiger partial charge is 0.228 e. The molecule has 3 aliphatic rings. The number of fused-ring (bicyclic) bond motifs is 2. The molecule has 1 saturated carbocycles. The number of aromatic nitrogens is 2. The van der Waals surface area contributed by atoms with E-state index < -0.39 is 0 Å². The van der Waals surface area contributed by atoms with Crippen LogP contribution in [0.3, 0.4) is 0 Å². The van der Waals surface area contributed by atoms with Crippen LogP contribution in [0.5, 0.6) is 0 Å². The van der Waals surface area contributed by atoms with Gasteiger partial charge in [0.05, 0.1) is 11.2 Å². The molecule has 6 rings (SSSR count). The number of rotatable bonds is 4. The van der Waals surface area contributed by atoms with Crippen LogP contribution in [0.1, 0.15) is 62.6 Å². The van der Waals surface area contributed by atoms with Crippen LogP contribution in [0.2, 0.25) is 0 Å². The Hall–Kier alpha value is -2.70. The summed E-state index contributed by atoms with van der Waals surface area (Å²) in [5.74, 6) is 0.854. The summed E-state index contributed by atoms with van der Waals surface area (Å²) in [5.41, 5.74) is 13.6. The summed E-state index contributed by atoms with van der Waals surface area (Å²) in [4.78, 5) is 24.7. The van der Waals surface area contributed by atoms with Crippen LogP contribution in [0.4, 0.5) is 11.5 Å². The van der Waals surface area contributed by atoms with Gasteiger partial charge in [0.15, 0.2) is 0 Å². The Morgan fingerprint density at radius 1 is 0.972 bits per heavy atom. The number of nitrogens with two attached hydrogens (primary N) is 1. The molecule has 1 atom stereocenters. The van der Waals surface area contributed by atoms with Crippen LogP contribution in [0.15, 0.2) is 36.5 Å². The molecule has 0 unspecified atom stereocenters. The largest absolute Gasteiger partial charge is 0.369 e. The van der Waals surface area contributed by atoms with Gasteiger partial charge >= 0.3 is 0 Å². The molecular weight excluding hydrogens is 470 g/mol. The van der Waals surface area contributed by atoms with Crippen molar-refractivity contribution < 1.29 is 4.79 Å². The van der Waals surface area contributed by atoms with Crippen LogP contribution in [-0.2, 0) is 17.6 Å². The van der Waals surface area contributed by atoms with Gasteiger partial charge in [-0.2, -0.15) is 0 Å². The maximum Gasteiger partial charge on any atom is 0.228 e. The number of carbonyl (C=O) groups is 1. The normalized spacial score (nSPS) is 20.1. The lowest BCUT2D eigenvalue weighted by Gasteiger charge is -2.25. The van der Waals surface area contributed by atoms with E-state index in [4.69, 9.17) is 10.7 Å². The lowest BCUT2D eigenvalue weighted by molar-refractivity contribution is -0.119. The van der Waals surface area contributed by atoms with E-state index in [9.17, 15) is 4.79 Å². The quantitative estimate of drug-likeness (QED) is 0.447. The van der Waals surface area contributed by atoms with E-state index in [0.717, 1.165) is 74.7 Å². The third-order valence-corrected chi connectivity index (χ3v) is 8.09. The maximum absolute atomic E-state index is 12.6. The number of pyridine rings is 2. The molecule has 3 N–H and O–H groups in total. The standard InChI is InChI=1S/C29H35N5O.ClH/c30-22-13-15-34(18-22)28-23-8-2-1-3-9-25(23)32-26-11-10-20(16-24(26)28)21-12-14-31-27(17-21)33-29(35)19-6-4-5-7-19;/h10-12,14,16-17,19,22H,1-9,13,15,18,30H2,(H,31,33,35);1H/t22-;/m0./s1. The van der Waals surface area contributed by atoms with Gasteiger partial charge in [-0.05, 0) is 85.9 Å². The lowest BCUT2D eigenvalue weighted by atomic mass is 9.97. The SMILES string of the molecule is Cl.N[C@H]1CCN(c2c3c(nc4ccc(-c5ccnc(NC(=O)C6CCCC6)c5)cc24)CCCCC3)C1. The molecule has 1 amide bonds. The van der Waals surface area contributed by atoms with Gasteiger partial charge in [-0.3, -0.25) is 9.78 Å². The van der Waals surface area contributed by atoms with Gasteiger partial charge < -0.3 is 16.0 Å². The van der Waals surface area contributed by atoms with Crippen molar-refractivity contribution in [1.29, 1.82) is 0 Å². The second-order valence-corrected chi connectivity index (χ2v) is 10.6. The van der Waals surface area contributed by atoms with E-state index in [-0.39, 0.29) is 30.3 Å². The van der Waals surface area contributed by atoms with Crippen molar-refractivity contribution in [3.63, 3.8) is 0 Å². The van der Waals surface area contributed by atoms with Gasteiger partial charge in [0.2, 0.25) is 5.91 Å². The third kappa shape index (κ3) is 4.94. The average Bonchev–Trinajstić information content (AvgIpc) is 3.50. The molecule has 36 heavy (non-hydrogen) atoms. The van der Waals surface area contributed by atoms with E-state index in [0.29, 0.717) is 5.82 Å². The highest BCUT2D eigenvalue weighted by Gasteiger charge is 2.27. The van der Waals surface area contributed by atoms with Crippen molar-refractivity contribution in [2.75, 3.05) is 23.3 Å². The Morgan fingerprint density at radius 3 is 2.58 bits per heavy atom. The Balaban J connectivity index is 0.00000267. The minimum atomic E-state index is 0. The fraction of sp³-hybridized carbons (Fsp3) is 0.483. The molecule has 1 aromatic carbocycles. The van der Waals surface area contributed by atoms with Crippen molar-refractivity contribution >= 4 is 40.7 Å². The van der Waals surface area contributed by atoms with Crippen molar-refractivity contribution in [1.82, 2.24) is 9.97 Å². The zero-order valence-corrected chi connectivity index (χ0v) is 21.7. The lowest BCUT2D eigenvalue weighted by Crippen LogP contribution is -2.27. The highest BCUT2D eigenvalue weighted by atomic mass is 35.5. The van der Waals surface area contributed by atoms with E-state index in [1.165, 1.54) is 41.6 Å². The molecule has 3 heterocycles. The molecule has 190 valence electrons. The fourth-order valence-corrected chi connectivity index (χ4v) is 6.20. The number of hydrogen-bond donors (Lipinski definition) is 2. The average molecular weight is 506 g/mol. The summed E-state index contributed by atoms with van der Waals surface area (Å²) < 4.78 is 0. The van der Waals surface area contributed by atoms with Gasteiger partial charge in [0.25, 0.3) is 0 Å². The number of nitrogens with zero attached hydrogens (tertiary/aromatic N) is 3. The molecule has 1 aliphatic heterocycles. The highest BCUT2D eigenvalue weighted by molar-refractivity contribution is 5.97. The summed E-state index contributed by atoms with van der Waals surface area (Å²) >= 11 is 0. The maximum atomic E-state index is 12.6. The number of anilines is 2. The second kappa shape index (κ2) is 10.7. The molecule has 0 spiro atoms. The molecular formula is C29H36ClN5O. The highest BCUT2D eigenvalue weighted by Crippen LogP contribution is 2.39. The first-order chi connectivity index (χ1) is 17.2. The van der Waals surface area contributed by atoms with Crippen molar-refractivity contribution in [3.05, 3.63) is 47.8 Å². The zero-order chi connectivity index (χ0) is 23.8. The number of benzene rings is 1. The van der Waals surface area contributed by atoms with Gasteiger partial charge in [0, 0.05) is 42.3 Å². The van der Waals surface area contributed by atoms with Crippen LogP contribution in [0.25, 0.3) is 22.0 Å². The number of hydrogen-bond acceptors (Lipinski definition) is 5. The van der Waals surface area contributed by atoms with Gasteiger partial charge in [0.1, 0.15) is 5.82 Å². The summed E-state index contributed by atoms with van der Waals surface area (Å²) in [6.45, 7) is 1.91. The van der Waals surface area contributed by atoms with Crippen molar-refractivity contribution in [2.45, 2.75) is 70.3 Å². The molecule has 2 fully saturated rings. The van der Waals surface area contributed by atoms with Crippen molar-refractivity contribution in [2.24, 2.45) is 11.7 Å². The number of halogens is 1. The van der Waals surface area contributed by atoms with Crippen LogP contribution in [0, 0.1) is 5.92 Å². The Bertz CT molecular complexity index is 1260. The number of nitrogens with one attached hydrogen (secondary N) is 1. The van der Waals surface area contributed by atoms with Gasteiger partial charge in [-0.1, -0.05) is 25.3 Å². The summed E-state index contributed by atoms with van der Waals surface area (Å²) in [5, 5.41) is 4.27. The number of amides is 1. The van der Waals surface area contributed by atoms with E-state index in [2.05, 4.69) is 33.4 Å². The predicted octanol–water partition coefficient (Wildman–Crippen LogP) is 5.65. The first kappa shape index (κ1) is 25.0. The molecule has 0 radical (unpaired) electrons. The molecule has 0 bridgehead atoms. The molecule has 7 heteroatoms. The molecule has 2 aromatic heterocycles. The zero-order valence-electron chi connectivity index (χ0n) is 20.8. The van der Waals surface area contributed by atoms with Crippen LogP contribution < -0.4 is 16.0 Å². The monoisotopic (exact) mass is 505 g/mol. The molecule has 2 aliphatic carbocycles. The Labute approximate surface area is 219 Å². The van der Waals surface area contributed by atoms with E-state index >= 15 is 0 Å². The topological polar surface area (TPSA) is 84.1 Å². The number of aryl methyl sites for hydroxylation is 1. The molecule has 3 aromatic rings. The molecule has 1 saturated heterocycles. The third-order valence-electron chi connectivity index (χ3n) is 8.09. The number of carbonyl (C=O) groups excluding carboxylic acids is 1. The first-order valence-electron chi connectivity index (χ1n) is 13.4. The van der Waals surface area contributed by atoms with E-state index in [1.54, 1.807) is 6.20 Å². The summed E-state index contributed by atoms with van der Waals surface area (Å²) in [6.07, 6.45) is 12.9. The van der Waals surface area contributed by atoms with Crippen LogP contribution >= 0.6 is 12.4 Å². The fourth-order valence-electron chi connectivity index (χ4n) is 6.20. The summed E-state index contributed by atoms with van der Waals surface area (Å²) in [7, 11) is 0. The summed E-state index contributed by atoms with van der Waals surface area (Å²) in [6, 6.07) is 10.8. The van der Waals surface area contributed by atoms with Crippen molar-refractivity contribution in [3.8, 4) is 11.1 Å². The Morgan fingerprint density at radius 2 is 1.78 bits per heavy atom.